The van der Waals surface area contributed by atoms with Crippen molar-refractivity contribution in [2.45, 2.75) is 19.5 Å². The molecule has 1 rings (SSSR count). The monoisotopic (exact) mass is 276 g/mol. The molecule has 0 aliphatic rings. The summed E-state index contributed by atoms with van der Waals surface area (Å²) in [7, 11) is 1.47. The maximum atomic E-state index is 12.2. The Hall–Kier alpha value is -1.99. The molecule has 1 aromatic rings. The third-order valence-corrected chi connectivity index (χ3v) is 2.60. The van der Waals surface area contributed by atoms with Gasteiger partial charge in [0.15, 0.2) is 5.84 Å². The summed E-state index contributed by atoms with van der Waals surface area (Å²) in [6.45, 7) is 1.45. The molecule has 0 spiro atoms. The maximum Gasteiger partial charge on any atom is 0.390 e. The van der Waals surface area contributed by atoms with Gasteiger partial charge in [0.25, 0.3) is 0 Å². The van der Waals surface area contributed by atoms with E-state index in [9.17, 15) is 13.2 Å². The van der Waals surface area contributed by atoms with Crippen LogP contribution in [-0.4, -0.2) is 35.8 Å². The third kappa shape index (κ3) is 4.01. The molecule has 19 heavy (non-hydrogen) atoms. The summed E-state index contributed by atoms with van der Waals surface area (Å²) in [5, 5.41) is 11.6. The van der Waals surface area contributed by atoms with Crippen molar-refractivity contribution < 1.29 is 18.4 Å². The molecule has 1 heterocycles. The molecule has 0 saturated carbocycles. The zero-order chi connectivity index (χ0) is 14.6. The largest absolute Gasteiger partial charge is 0.409 e. The van der Waals surface area contributed by atoms with Crippen molar-refractivity contribution in [3.05, 3.63) is 23.4 Å². The van der Waals surface area contributed by atoms with Gasteiger partial charge in [-0.2, -0.15) is 13.2 Å². The van der Waals surface area contributed by atoms with Crippen LogP contribution in [0.25, 0.3) is 0 Å². The first kappa shape index (κ1) is 15.1. The standard InChI is InChI=1S/C11H15F3N4O/c1-7-3-5-16-10(8(7)9(15)17-19)18(2)6-4-11(12,13)14/h3,5,19H,4,6H2,1-2H3,(H2,15,17). The fraction of sp³-hybridized carbons (Fsp3) is 0.455. The summed E-state index contributed by atoms with van der Waals surface area (Å²) in [4.78, 5) is 5.32. The SMILES string of the molecule is Cc1ccnc(N(C)CCC(F)(F)F)c1/C(N)=N/O. The molecule has 0 unspecified atom stereocenters. The number of aryl methyl sites for hydroxylation is 1. The highest BCUT2D eigenvalue weighted by Gasteiger charge is 2.28. The summed E-state index contributed by atoms with van der Waals surface area (Å²) in [5.74, 6) is 0.0685. The molecule has 0 bridgehead atoms. The first-order valence-electron chi connectivity index (χ1n) is 5.47. The van der Waals surface area contributed by atoms with E-state index in [1.165, 1.54) is 18.1 Å². The summed E-state index contributed by atoms with van der Waals surface area (Å²) < 4.78 is 36.6. The van der Waals surface area contributed by atoms with Crippen LogP contribution in [0, 0.1) is 6.92 Å². The van der Waals surface area contributed by atoms with Gasteiger partial charge in [-0.25, -0.2) is 4.98 Å². The van der Waals surface area contributed by atoms with Crippen LogP contribution in [0.1, 0.15) is 17.5 Å². The van der Waals surface area contributed by atoms with E-state index in [2.05, 4.69) is 10.1 Å². The Bertz CT molecular complexity index is 473. The highest BCUT2D eigenvalue weighted by molar-refractivity contribution is 6.02. The summed E-state index contributed by atoms with van der Waals surface area (Å²) in [6, 6.07) is 1.63. The molecule has 0 aromatic carbocycles. The van der Waals surface area contributed by atoms with Gasteiger partial charge in [0.2, 0.25) is 0 Å². The van der Waals surface area contributed by atoms with Gasteiger partial charge >= 0.3 is 6.18 Å². The summed E-state index contributed by atoms with van der Waals surface area (Å²) >= 11 is 0. The van der Waals surface area contributed by atoms with E-state index in [0.717, 1.165) is 0 Å². The highest BCUT2D eigenvalue weighted by atomic mass is 19.4. The Morgan fingerprint density at radius 2 is 2.16 bits per heavy atom. The molecule has 5 nitrogen and oxygen atoms in total. The smallest absolute Gasteiger partial charge is 0.390 e. The van der Waals surface area contributed by atoms with Gasteiger partial charge in [-0.1, -0.05) is 5.16 Å². The molecule has 0 amide bonds. The van der Waals surface area contributed by atoms with E-state index in [0.29, 0.717) is 11.1 Å². The van der Waals surface area contributed by atoms with Crippen molar-refractivity contribution >= 4 is 11.7 Å². The quantitative estimate of drug-likeness (QED) is 0.381. The molecule has 0 saturated heterocycles. The van der Waals surface area contributed by atoms with E-state index in [-0.39, 0.29) is 18.2 Å². The predicted octanol–water partition coefficient (Wildman–Crippen LogP) is 1.87. The van der Waals surface area contributed by atoms with Crippen LogP contribution in [-0.2, 0) is 0 Å². The van der Waals surface area contributed by atoms with E-state index in [4.69, 9.17) is 10.9 Å². The number of pyridine rings is 1. The molecule has 0 fully saturated rings. The number of alkyl halides is 3. The van der Waals surface area contributed by atoms with Gasteiger partial charge in [0.05, 0.1) is 12.0 Å². The molecule has 0 radical (unpaired) electrons. The lowest BCUT2D eigenvalue weighted by Gasteiger charge is -2.22. The summed E-state index contributed by atoms with van der Waals surface area (Å²) in [6.07, 6.45) is -3.74. The fourth-order valence-corrected chi connectivity index (χ4v) is 1.60. The zero-order valence-electron chi connectivity index (χ0n) is 10.6. The zero-order valence-corrected chi connectivity index (χ0v) is 10.6. The first-order chi connectivity index (χ1) is 8.76. The van der Waals surface area contributed by atoms with Crippen molar-refractivity contribution in [2.75, 3.05) is 18.5 Å². The van der Waals surface area contributed by atoms with Crippen molar-refractivity contribution in [2.24, 2.45) is 10.9 Å². The van der Waals surface area contributed by atoms with Gasteiger partial charge in [0.1, 0.15) is 5.82 Å². The van der Waals surface area contributed by atoms with Gasteiger partial charge < -0.3 is 15.8 Å². The number of nitrogens with two attached hydrogens (primary N) is 1. The lowest BCUT2D eigenvalue weighted by molar-refractivity contribution is -0.132. The number of rotatable bonds is 4. The Balaban J connectivity index is 3.03. The Morgan fingerprint density at radius 3 is 2.68 bits per heavy atom. The van der Waals surface area contributed by atoms with Crippen LogP contribution in [0.15, 0.2) is 17.4 Å². The molecule has 8 heteroatoms. The molecule has 1 aromatic heterocycles. The number of nitrogens with zero attached hydrogens (tertiary/aromatic N) is 3. The Kier molecular flexibility index (Phi) is 4.57. The van der Waals surface area contributed by atoms with Gasteiger partial charge in [-0.15, -0.1) is 0 Å². The average molecular weight is 276 g/mol. The molecular formula is C11H15F3N4O. The first-order valence-corrected chi connectivity index (χ1v) is 5.47. The minimum absolute atomic E-state index is 0.181. The third-order valence-electron chi connectivity index (χ3n) is 2.60. The van der Waals surface area contributed by atoms with Crippen LogP contribution >= 0.6 is 0 Å². The number of hydrogen-bond acceptors (Lipinski definition) is 4. The molecule has 3 N–H and O–H groups in total. The second-order valence-electron chi connectivity index (χ2n) is 4.10. The normalized spacial score (nSPS) is 12.6. The fourth-order valence-electron chi connectivity index (χ4n) is 1.60. The second-order valence-corrected chi connectivity index (χ2v) is 4.10. The summed E-state index contributed by atoms with van der Waals surface area (Å²) in [5.41, 5.74) is 6.52. The topological polar surface area (TPSA) is 74.7 Å². The van der Waals surface area contributed by atoms with Crippen LogP contribution in [0.2, 0.25) is 0 Å². The van der Waals surface area contributed by atoms with Crippen molar-refractivity contribution in [1.29, 1.82) is 0 Å². The van der Waals surface area contributed by atoms with E-state index < -0.39 is 12.6 Å². The van der Waals surface area contributed by atoms with Crippen LogP contribution in [0.4, 0.5) is 19.0 Å². The minimum atomic E-state index is -4.24. The Labute approximate surface area is 108 Å². The van der Waals surface area contributed by atoms with Gasteiger partial charge in [-0.05, 0) is 18.6 Å². The van der Waals surface area contributed by atoms with Crippen molar-refractivity contribution in [3.8, 4) is 0 Å². The molecule has 106 valence electrons. The van der Waals surface area contributed by atoms with Crippen LogP contribution < -0.4 is 10.6 Å². The van der Waals surface area contributed by atoms with Gasteiger partial charge in [-0.3, -0.25) is 0 Å². The molecule has 0 aliphatic heterocycles. The van der Waals surface area contributed by atoms with Crippen molar-refractivity contribution in [3.63, 3.8) is 0 Å². The molecule has 0 atom stereocenters. The number of hydrogen-bond donors (Lipinski definition) is 2. The van der Waals surface area contributed by atoms with E-state index in [1.807, 2.05) is 0 Å². The number of halogens is 3. The number of aromatic nitrogens is 1. The lowest BCUT2D eigenvalue weighted by Crippen LogP contribution is -2.28. The van der Waals surface area contributed by atoms with Crippen LogP contribution in [0.3, 0.4) is 0 Å². The van der Waals surface area contributed by atoms with Crippen molar-refractivity contribution in [1.82, 2.24) is 4.98 Å². The number of oxime groups is 1. The maximum absolute atomic E-state index is 12.2. The van der Waals surface area contributed by atoms with E-state index in [1.54, 1.807) is 13.0 Å². The Morgan fingerprint density at radius 1 is 1.53 bits per heavy atom. The number of anilines is 1. The number of amidine groups is 1. The predicted molar refractivity (Wildman–Crippen MR) is 65.4 cm³/mol. The molecular weight excluding hydrogens is 261 g/mol. The highest BCUT2D eigenvalue weighted by Crippen LogP contribution is 2.23. The van der Waals surface area contributed by atoms with Crippen LogP contribution in [0.5, 0.6) is 0 Å². The lowest BCUT2D eigenvalue weighted by atomic mass is 10.1. The minimum Gasteiger partial charge on any atom is -0.409 e. The average Bonchev–Trinajstić information content (AvgIpc) is 2.33. The second kappa shape index (κ2) is 5.77. The van der Waals surface area contributed by atoms with Gasteiger partial charge in [0, 0.05) is 19.8 Å². The molecule has 0 aliphatic carbocycles. The van der Waals surface area contributed by atoms with E-state index >= 15 is 0 Å².